The van der Waals surface area contributed by atoms with Gasteiger partial charge in [-0.25, -0.2) is 0 Å². The van der Waals surface area contributed by atoms with Crippen molar-refractivity contribution in [2.45, 2.75) is 19.3 Å². The average molecular weight is 356 g/mol. The Labute approximate surface area is 127 Å². The molecule has 0 bridgehead atoms. The van der Waals surface area contributed by atoms with Gasteiger partial charge in [-0.05, 0) is 43.1 Å². The van der Waals surface area contributed by atoms with E-state index in [0.29, 0.717) is 31.0 Å². The molecular formula is C12H17BrCl2N2O. The van der Waals surface area contributed by atoms with Crippen LogP contribution in [0.2, 0.25) is 5.02 Å². The lowest BCUT2D eigenvalue weighted by Gasteiger charge is -2.06. The number of carbonyl (C=O) groups is 1. The lowest BCUT2D eigenvalue weighted by Crippen LogP contribution is -2.26. The van der Waals surface area contributed by atoms with Crippen LogP contribution in [0.4, 0.5) is 0 Å². The van der Waals surface area contributed by atoms with E-state index in [-0.39, 0.29) is 18.3 Å². The van der Waals surface area contributed by atoms with Crippen LogP contribution in [0.5, 0.6) is 0 Å². The summed E-state index contributed by atoms with van der Waals surface area (Å²) in [5.41, 5.74) is 6.39. The second-order valence-corrected chi connectivity index (χ2v) is 5.02. The van der Waals surface area contributed by atoms with Gasteiger partial charge in [-0.15, -0.1) is 12.4 Å². The normalized spacial score (nSPS) is 9.72. The fourth-order valence-electron chi connectivity index (χ4n) is 1.40. The first-order valence-electron chi connectivity index (χ1n) is 5.54. The molecule has 6 heteroatoms. The summed E-state index contributed by atoms with van der Waals surface area (Å²) >= 11 is 9.34. The molecule has 0 atom stereocenters. The van der Waals surface area contributed by atoms with Crippen molar-refractivity contribution in [3.05, 3.63) is 33.3 Å². The quantitative estimate of drug-likeness (QED) is 0.771. The molecule has 3 nitrogen and oxygen atoms in total. The van der Waals surface area contributed by atoms with Crippen molar-refractivity contribution in [3.8, 4) is 0 Å². The van der Waals surface area contributed by atoms with Crippen LogP contribution in [0.1, 0.15) is 18.4 Å². The largest absolute Gasteiger partial charge is 0.356 e. The van der Waals surface area contributed by atoms with Gasteiger partial charge >= 0.3 is 0 Å². The number of amides is 1. The Kier molecular flexibility index (Phi) is 9.46. The Balaban J connectivity index is 0.00000289. The highest BCUT2D eigenvalue weighted by Gasteiger charge is 2.05. The van der Waals surface area contributed by atoms with Crippen molar-refractivity contribution in [2.24, 2.45) is 5.73 Å². The van der Waals surface area contributed by atoms with E-state index in [4.69, 9.17) is 17.3 Å². The van der Waals surface area contributed by atoms with Gasteiger partial charge in [0.05, 0.1) is 0 Å². The summed E-state index contributed by atoms with van der Waals surface area (Å²) in [4.78, 5) is 11.5. The minimum absolute atomic E-state index is 0. The number of rotatable bonds is 6. The van der Waals surface area contributed by atoms with Crippen LogP contribution in [-0.2, 0) is 11.2 Å². The zero-order chi connectivity index (χ0) is 12.7. The molecular weight excluding hydrogens is 339 g/mol. The Bertz CT molecular complexity index is 388. The number of carbonyl (C=O) groups excluding carboxylic acids is 1. The molecule has 3 N–H and O–H groups in total. The molecule has 102 valence electrons. The summed E-state index contributed by atoms with van der Waals surface area (Å²) in [6.45, 7) is 1.24. The molecule has 1 aromatic carbocycles. The average Bonchev–Trinajstić information content (AvgIpc) is 2.31. The number of hydrogen-bond donors (Lipinski definition) is 2. The van der Waals surface area contributed by atoms with E-state index in [1.807, 2.05) is 18.2 Å². The van der Waals surface area contributed by atoms with Gasteiger partial charge in [0.15, 0.2) is 0 Å². The number of aryl methyl sites for hydroxylation is 1. The fraction of sp³-hybridized carbons (Fsp3) is 0.417. The molecule has 0 heterocycles. The van der Waals surface area contributed by atoms with Gasteiger partial charge in [-0.1, -0.05) is 27.5 Å². The Hall–Kier alpha value is -0.290. The minimum Gasteiger partial charge on any atom is -0.356 e. The van der Waals surface area contributed by atoms with Crippen LogP contribution in [0.3, 0.4) is 0 Å². The molecule has 18 heavy (non-hydrogen) atoms. The number of nitrogens with two attached hydrogens (primary N) is 1. The molecule has 0 saturated heterocycles. The van der Waals surface area contributed by atoms with E-state index < -0.39 is 0 Å². The standard InChI is InChI=1S/C12H16BrClN2O.ClH/c13-11-4-3-10(14)8-9(11)2-5-12(17)16-7-1-6-15;/h3-4,8H,1-2,5-7,15H2,(H,16,17);1H. The topological polar surface area (TPSA) is 55.1 Å². The number of halogens is 3. The molecule has 1 rings (SSSR count). The smallest absolute Gasteiger partial charge is 0.220 e. The fourth-order valence-corrected chi connectivity index (χ4v) is 2.04. The summed E-state index contributed by atoms with van der Waals surface area (Å²) in [6, 6.07) is 5.58. The van der Waals surface area contributed by atoms with Gasteiger partial charge in [0.1, 0.15) is 0 Å². The monoisotopic (exact) mass is 354 g/mol. The predicted molar refractivity (Wildman–Crippen MR) is 81.4 cm³/mol. The third-order valence-corrected chi connectivity index (χ3v) is 3.34. The van der Waals surface area contributed by atoms with Crippen LogP contribution in [0.25, 0.3) is 0 Å². The predicted octanol–water partition coefficient (Wildman–Crippen LogP) is 2.92. The first kappa shape index (κ1) is 17.7. The molecule has 0 fully saturated rings. The second-order valence-electron chi connectivity index (χ2n) is 3.73. The molecule has 0 saturated carbocycles. The van der Waals surface area contributed by atoms with Gasteiger partial charge in [0.25, 0.3) is 0 Å². The third-order valence-electron chi connectivity index (χ3n) is 2.33. The number of benzene rings is 1. The molecule has 0 spiro atoms. The SMILES string of the molecule is Cl.NCCCNC(=O)CCc1cc(Cl)ccc1Br. The molecule has 1 aromatic rings. The highest BCUT2D eigenvalue weighted by atomic mass is 79.9. The van der Waals surface area contributed by atoms with Gasteiger partial charge in [0, 0.05) is 22.5 Å². The van der Waals surface area contributed by atoms with E-state index in [2.05, 4.69) is 21.2 Å². The highest BCUT2D eigenvalue weighted by Crippen LogP contribution is 2.22. The van der Waals surface area contributed by atoms with Gasteiger partial charge in [-0.2, -0.15) is 0 Å². The third kappa shape index (κ3) is 6.59. The van der Waals surface area contributed by atoms with Gasteiger partial charge in [-0.3, -0.25) is 4.79 Å². The van der Waals surface area contributed by atoms with Gasteiger partial charge < -0.3 is 11.1 Å². The summed E-state index contributed by atoms with van der Waals surface area (Å²) < 4.78 is 0.983. The van der Waals surface area contributed by atoms with E-state index in [9.17, 15) is 4.79 Å². The van der Waals surface area contributed by atoms with Crippen molar-refractivity contribution >= 4 is 45.8 Å². The first-order chi connectivity index (χ1) is 8.13. The summed E-state index contributed by atoms with van der Waals surface area (Å²) in [6.07, 6.45) is 1.95. The van der Waals surface area contributed by atoms with E-state index in [1.54, 1.807) is 0 Å². The Morgan fingerprint density at radius 3 is 2.83 bits per heavy atom. The lowest BCUT2D eigenvalue weighted by atomic mass is 10.1. The molecule has 0 unspecified atom stereocenters. The zero-order valence-corrected chi connectivity index (χ0v) is 13.1. The van der Waals surface area contributed by atoms with Crippen molar-refractivity contribution in [1.29, 1.82) is 0 Å². The maximum atomic E-state index is 11.5. The van der Waals surface area contributed by atoms with Crippen LogP contribution < -0.4 is 11.1 Å². The maximum absolute atomic E-state index is 11.5. The molecule has 1 amide bonds. The van der Waals surface area contributed by atoms with Crippen molar-refractivity contribution in [2.75, 3.05) is 13.1 Å². The number of hydrogen-bond acceptors (Lipinski definition) is 2. The van der Waals surface area contributed by atoms with Gasteiger partial charge in [0.2, 0.25) is 5.91 Å². The maximum Gasteiger partial charge on any atom is 0.220 e. The highest BCUT2D eigenvalue weighted by molar-refractivity contribution is 9.10. The molecule has 0 aliphatic rings. The summed E-state index contributed by atoms with van der Waals surface area (Å²) in [5, 5.41) is 3.51. The second kappa shape index (κ2) is 9.62. The molecule has 0 aromatic heterocycles. The molecule has 0 aliphatic carbocycles. The Morgan fingerprint density at radius 2 is 2.17 bits per heavy atom. The van der Waals surface area contributed by atoms with E-state index in [0.717, 1.165) is 16.5 Å². The van der Waals surface area contributed by atoms with Crippen LogP contribution in [0.15, 0.2) is 22.7 Å². The van der Waals surface area contributed by atoms with Crippen molar-refractivity contribution < 1.29 is 4.79 Å². The lowest BCUT2D eigenvalue weighted by molar-refractivity contribution is -0.121. The van der Waals surface area contributed by atoms with Crippen LogP contribution in [0, 0.1) is 0 Å². The molecule has 0 aliphatic heterocycles. The Morgan fingerprint density at radius 1 is 1.44 bits per heavy atom. The first-order valence-corrected chi connectivity index (χ1v) is 6.71. The zero-order valence-electron chi connectivity index (χ0n) is 9.92. The van der Waals surface area contributed by atoms with Crippen molar-refractivity contribution in [3.63, 3.8) is 0 Å². The summed E-state index contributed by atoms with van der Waals surface area (Å²) in [7, 11) is 0. The van der Waals surface area contributed by atoms with Crippen molar-refractivity contribution in [1.82, 2.24) is 5.32 Å². The van der Waals surface area contributed by atoms with Crippen LogP contribution >= 0.6 is 39.9 Å². The number of nitrogens with one attached hydrogen (secondary N) is 1. The van der Waals surface area contributed by atoms with E-state index in [1.165, 1.54) is 0 Å². The molecule has 0 radical (unpaired) electrons. The van der Waals surface area contributed by atoms with E-state index >= 15 is 0 Å². The van der Waals surface area contributed by atoms with Crippen LogP contribution in [-0.4, -0.2) is 19.0 Å². The minimum atomic E-state index is 0. The summed E-state index contributed by atoms with van der Waals surface area (Å²) in [5.74, 6) is 0.0466.